The minimum absolute atomic E-state index is 0.0600. The van der Waals surface area contributed by atoms with Gasteiger partial charge in [-0.3, -0.25) is 4.79 Å². The van der Waals surface area contributed by atoms with Crippen LogP contribution in [0.5, 0.6) is 0 Å². The van der Waals surface area contributed by atoms with Gasteiger partial charge in [-0.15, -0.1) is 0 Å². The van der Waals surface area contributed by atoms with Gasteiger partial charge in [0.1, 0.15) is 0 Å². The van der Waals surface area contributed by atoms with Crippen LogP contribution < -0.4 is 5.32 Å². The molecule has 0 radical (unpaired) electrons. The molecule has 2 fully saturated rings. The van der Waals surface area contributed by atoms with Gasteiger partial charge < -0.3 is 15.3 Å². The maximum Gasteiger partial charge on any atom is 0.225 e. The highest BCUT2D eigenvalue weighted by Crippen LogP contribution is 2.34. The number of aliphatic hydroxyl groups is 1. The number of carbonyl (C=O) groups excluding carboxylic acids is 1. The Hall–Kier alpha value is -2.17. The van der Waals surface area contributed by atoms with Crippen LogP contribution in [0, 0.1) is 5.92 Å². The summed E-state index contributed by atoms with van der Waals surface area (Å²) in [4.78, 5) is 14.3. The topological polar surface area (TPSA) is 52.6 Å². The first kappa shape index (κ1) is 18.2. The summed E-state index contributed by atoms with van der Waals surface area (Å²) in [6.45, 7) is 0.804. The molecule has 0 aromatic heterocycles. The molecule has 2 aromatic rings. The van der Waals surface area contributed by atoms with Gasteiger partial charge in [-0.25, -0.2) is 0 Å². The van der Waals surface area contributed by atoms with Gasteiger partial charge in [0.2, 0.25) is 5.91 Å². The van der Waals surface area contributed by atoms with Crippen molar-refractivity contribution in [1.82, 2.24) is 10.2 Å². The molecule has 2 aliphatic rings. The van der Waals surface area contributed by atoms with E-state index in [4.69, 9.17) is 0 Å². The minimum Gasteiger partial charge on any atom is -0.395 e. The molecular formula is C23H28N2O2. The number of amides is 1. The smallest absolute Gasteiger partial charge is 0.225 e. The summed E-state index contributed by atoms with van der Waals surface area (Å²) < 4.78 is 0. The molecule has 1 amide bonds. The summed E-state index contributed by atoms with van der Waals surface area (Å²) in [7, 11) is 1.91. The highest BCUT2D eigenvalue weighted by Gasteiger charge is 2.42. The molecule has 1 aliphatic heterocycles. The van der Waals surface area contributed by atoms with E-state index < -0.39 is 0 Å². The van der Waals surface area contributed by atoms with Crippen molar-refractivity contribution < 1.29 is 9.90 Å². The number of aliphatic hydroxyl groups excluding tert-OH is 1. The van der Waals surface area contributed by atoms with Crippen molar-refractivity contribution in [2.24, 2.45) is 5.92 Å². The lowest BCUT2D eigenvalue weighted by Crippen LogP contribution is -2.65. The van der Waals surface area contributed by atoms with Crippen molar-refractivity contribution in [3.63, 3.8) is 0 Å². The fourth-order valence-electron chi connectivity index (χ4n) is 4.32. The van der Waals surface area contributed by atoms with Crippen LogP contribution in [-0.4, -0.2) is 48.2 Å². The van der Waals surface area contributed by atoms with E-state index in [2.05, 4.69) is 41.7 Å². The summed E-state index contributed by atoms with van der Waals surface area (Å²) in [5.74, 6) is 0.734. The predicted octanol–water partition coefficient (Wildman–Crippen LogP) is 3.03. The van der Waals surface area contributed by atoms with Crippen LogP contribution in [0.3, 0.4) is 0 Å². The maximum absolute atomic E-state index is 12.4. The Bertz CT molecular complexity index is 771. The molecule has 0 spiro atoms. The van der Waals surface area contributed by atoms with Gasteiger partial charge in [-0.2, -0.15) is 0 Å². The van der Waals surface area contributed by atoms with Gasteiger partial charge in [0.15, 0.2) is 0 Å². The van der Waals surface area contributed by atoms with E-state index in [1.165, 1.54) is 23.1 Å². The molecule has 4 nitrogen and oxygen atoms in total. The number of rotatable bonds is 6. The van der Waals surface area contributed by atoms with Gasteiger partial charge in [0.25, 0.3) is 0 Å². The molecular weight excluding hydrogens is 336 g/mol. The normalized spacial score (nSPS) is 24.7. The van der Waals surface area contributed by atoms with E-state index in [0.717, 1.165) is 12.8 Å². The largest absolute Gasteiger partial charge is 0.395 e. The van der Waals surface area contributed by atoms with Crippen molar-refractivity contribution >= 4 is 5.91 Å². The molecule has 2 aromatic carbocycles. The number of nitrogens with zero attached hydrogens (tertiary/aromatic N) is 1. The van der Waals surface area contributed by atoms with E-state index in [0.29, 0.717) is 6.54 Å². The fourth-order valence-corrected chi connectivity index (χ4v) is 4.32. The zero-order chi connectivity index (χ0) is 18.8. The van der Waals surface area contributed by atoms with Crippen LogP contribution in [0.25, 0.3) is 11.1 Å². The molecule has 27 heavy (non-hydrogen) atoms. The Labute approximate surface area is 161 Å². The quantitative estimate of drug-likeness (QED) is 0.828. The highest BCUT2D eigenvalue weighted by atomic mass is 16.3. The van der Waals surface area contributed by atoms with E-state index in [9.17, 15) is 9.90 Å². The van der Waals surface area contributed by atoms with E-state index in [1.807, 2.05) is 30.1 Å². The Balaban J connectivity index is 1.45. The molecule has 1 saturated carbocycles. The number of likely N-dealkylation sites (N-methyl/N-ethyl adjacent to an activating group) is 1. The van der Waals surface area contributed by atoms with Crippen molar-refractivity contribution in [2.75, 3.05) is 20.2 Å². The maximum atomic E-state index is 12.4. The van der Waals surface area contributed by atoms with E-state index in [-0.39, 0.29) is 36.4 Å². The number of hydrogen-bond donors (Lipinski definition) is 2. The predicted molar refractivity (Wildman–Crippen MR) is 107 cm³/mol. The molecule has 4 heteroatoms. The highest BCUT2D eigenvalue weighted by molar-refractivity contribution is 5.79. The second kappa shape index (κ2) is 7.83. The van der Waals surface area contributed by atoms with Gasteiger partial charge in [-0.05, 0) is 29.5 Å². The van der Waals surface area contributed by atoms with E-state index in [1.54, 1.807) is 0 Å². The third-order valence-electron chi connectivity index (χ3n) is 6.20. The molecule has 3 atom stereocenters. The summed E-state index contributed by atoms with van der Waals surface area (Å²) in [5, 5.41) is 13.1. The molecule has 0 unspecified atom stereocenters. The number of carbonyl (C=O) groups is 1. The average Bonchev–Trinajstić information content (AvgIpc) is 2.64. The second-order valence-corrected chi connectivity index (χ2v) is 7.92. The summed E-state index contributed by atoms with van der Waals surface area (Å²) >= 11 is 0. The van der Waals surface area contributed by atoms with Gasteiger partial charge in [-0.1, -0.05) is 61.0 Å². The fraction of sp³-hybridized carbons (Fsp3) is 0.435. The number of nitrogens with one attached hydrogen (secondary N) is 1. The average molecular weight is 364 g/mol. The standard InChI is InChI=1S/C23H28N2O2/c1-25(23(27)19-8-5-9-19)14-20-22(21(15-26)24-20)18-12-10-17(11-13-18)16-6-3-2-4-7-16/h2-4,6-7,10-13,19-22,24,26H,5,8-9,14-15H2,1H3/t20-,21+,22+/m1/s1. The number of hydrogen-bond acceptors (Lipinski definition) is 3. The van der Waals surface area contributed by atoms with E-state index >= 15 is 0 Å². The molecule has 4 rings (SSSR count). The third kappa shape index (κ3) is 3.64. The van der Waals surface area contributed by atoms with Gasteiger partial charge in [0, 0.05) is 37.5 Å². The minimum atomic E-state index is 0.0600. The van der Waals surface area contributed by atoms with Crippen LogP contribution in [0.2, 0.25) is 0 Å². The van der Waals surface area contributed by atoms with Gasteiger partial charge >= 0.3 is 0 Å². The zero-order valence-corrected chi connectivity index (χ0v) is 15.8. The first-order chi connectivity index (χ1) is 13.2. The van der Waals surface area contributed by atoms with Crippen LogP contribution in [0.15, 0.2) is 54.6 Å². The molecule has 0 bridgehead atoms. The Kier molecular flexibility index (Phi) is 5.28. The zero-order valence-electron chi connectivity index (χ0n) is 15.8. The molecule has 2 N–H and O–H groups in total. The van der Waals surface area contributed by atoms with Crippen LogP contribution in [0.1, 0.15) is 30.7 Å². The van der Waals surface area contributed by atoms with Crippen molar-refractivity contribution in [2.45, 2.75) is 37.3 Å². The van der Waals surface area contributed by atoms with Crippen molar-refractivity contribution in [3.8, 4) is 11.1 Å². The van der Waals surface area contributed by atoms with Crippen LogP contribution >= 0.6 is 0 Å². The van der Waals surface area contributed by atoms with Crippen molar-refractivity contribution in [1.29, 1.82) is 0 Å². The molecule has 1 aliphatic carbocycles. The SMILES string of the molecule is CN(C[C@H]1N[C@@H](CO)[C@H]1c1ccc(-c2ccccc2)cc1)C(=O)C1CCC1. The lowest BCUT2D eigenvalue weighted by molar-refractivity contribution is -0.137. The molecule has 1 saturated heterocycles. The first-order valence-electron chi connectivity index (χ1n) is 9.94. The number of benzene rings is 2. The second-order valence-electron chi connectivity index (χ2n) is 7.92. The van der Waals surface area contributed by atoms with Crippen LogP contribution in [0.4, 0.5) is 0 Å². The lowest BCUT2D eigenvalue weighted by Gasteiger charge is -2.47. The lowest BCUT2D eigenvalue weighted by atomic mass is 9.77. The Morgan fingerprint density at radius 1 is 1.04 bits per heavy atom. The molecule has 1 heterocycles. The Morgan fingerprint density at radius 2 is 1.70 bits per heavy atom. The molecule has 142 valence electrons. The monoisotopic (exact) mass is 364 g/mol. The van der Waals surface area contributed by atoms with Crippen LogP contribution in [-0.2, 0) is 4.79 Å². The Morgan fingerprint density at radius 3 is 2.30 bits per heavy atom. The summed E-state index contributed by atoms with van der Waals surface area (Å²) in [6.07, 6.45) is 3.24. The summed E-state index contributed by atoms with van der Waals surface area (Å²) in [6, 6.07) is 19.2. The van der Waals surface area contributed by atoms with Crippen molar-refractivity contribution in [3.05, 3.63) is 60.2 Å². The van der Waals surface area contributed by atoms with Gasteiger partial charge in [0.05, 0.1) is 6.61 Å². The first-order valence-corrected chi connectivity index (χ1v) is 9.94. The third-order valence-corrected chi connectivity index (χ3v) is 6.20. The summed E-state index contributed by atoms with van der Waals surface area (Å²) in [5.41, 5.74) is 3.62.